The third-order valence-electron chi connectivity index (χ3n) is 3.71. The Hall–Kier alpha value is -3.76. The Labute approximate surface area is 172 Å². The number of hydrogen-bond acceptors (Lipinski definition) is 4. The average molecular weight is 444 g/mol. The molecule has 0 aromatic heterocycles. The van der Waals surface area contributed by atoms with Crippen molar-refractivity contribution < 1.29 is 40.7 Å². The molecule has 0 radical (unpaired) electrons. The van der Waals surface area contributed by atoms with Crippen LogP contribution in [-0.4, -0.2) is 19.2 Å². The summed E-state index contributed by atoms with van der Waals surface area (Å²) in [7, 11) is 1.52. The minimum Gasteiger partial charge on any atom is -0.453 e. The third kappa shape index (κ3) is 5.87. The fraction of sp³-hybridized carbons (Fsp3) is 0.100. The lowest BCUT2D eigenvalue weighted by Gasteiger charge is -2.15. The summed E-state index contributed by atoms with van der Waals surface area (Å²) in [4.78, 5) is 23.3. The van der Waals surface area contributed by atoms with E-state index < -0.39 is 52.2 Å². The molecule has 0 heterocycles. The van der Waals surface area contributed by atoms with E-state index in [2.05, 4.69) is 10.6 Å². The molecule has 0 aliphatic rings. The summed E-state index contributed by atoms with van der Waals surface area (Å²) in [6, 6.07) is 2.98. The van der Waals surface area contributed by atoms with Crippen molar-refractivity contribution in [2.24, 2.45) is 0 Å². The SMILES string of the molecule is CN/C=C\C(=C/C=O)NC(=O)c1cc(C(F)(F)F)ccc1Oc1ccc(F)c(F)c1F. The van der Waals surface area contributed by atoms with Crippen molar-refractivity contribution in [1.29, 1.82) is 0 Å². The van der Waals surface area contributed by atoms with E-state index in [1.54, 1.807) is 0 Å². The lowest BCUT2D eigenvalue weighted by atomic mass is 10.1. The number of ether oxygens (including phenoxy) is 1. The molecule has 2 N–H and O–H groups in total. The van der Waals surface area contributed by atoms with Crippen LogP contribution in [-0.2, 0) is 11.0 Å². The monoisotopic (exact) mass is 444 g/mol. The van der Waals surface area contributed by atoms with Gasteiger partial charge in [0.05, 0.1) is 11.1 Å². The number of hydrogen-bond donors (Lipinski definition) is 2. The van der Waals surface area contributed by atoms with Gasteiger partial charge in [-0.1, -0.05) is 0 Å². The molecule has 0 atom stereocenters. The predicted octanol–water partition coefficient (Wildman–Crippen LogP) is 4.46. The number of carbonyl (C=O) groups excluding carboxylic acids is 2. The van der Waals surface area contributed by atoms with Gasteiger partial charge in [-0.05, 0) is 42.6 Å². The second-order valence-corrected chi connectivity index (χ2v) is 5.82. The number of carbonyl (C=O) groups is 2. The van der Waals surface area contributed by atoms with Gasteiger partial charge in [0.25, 0.3) is 5.91 Å². The van der Waals surface area contributed by atoms with Crippen molar-refractivity contribution in [3.63, 3.8) is 0 Å². The number of benzene rings is 2. The molecule has 1 amide bonds. The number of halogens is 6. The molecule has 2 aromatic carbocycles. The van der Waals surface area contributed by atoms with Crippen molar-refractivity contribution in [3.8, 4) is 11.5 Å². The van der Waals surface area contributed by atoms with Gasteiger partial charge in [0.1, 0.15) is 12.0 Å². The Morgan fingerprint density at radius 3 is 2.32 bits per heavy atom. The minimum absolute atomic E-state index is 0.0864. The highest BCUT2D eigenvalue weighted by atomic mass is 19.4. The number of alkyl halides is 3. The van der Waals surface area contributed by atoms with Crippen LogP contribution in [0.1, 0.15) is 15.9 Å². The summed E-state index contributed by atoms with van der Waals surface area (Å²) in [6.07, 6.45) is -0.996. The standard InChI is InChI=1S/C20H14F6N2O3/c1-27-8-6-12(7-9-29)28-19(30)13-10-11(20(24,25)26)2-4-15(13)31-16-5-3-14(21)17(22)18(16)23/h2-10,27H,1H3,(H,28,30)/b8-6-,12-7+. The molecule has 164 valence electrons. The van der Waals surface area contributed by atoms with Gasteiger partial charge in [0, 0.05) is 18.8 Å². The van der Waals surface area contributed by atoms with E-state index in [9.17, 15) is 35.9 Å². The Kier molecular flexibility index (Phi) is 7.46. The first kappa shape index (κ1) is 23.5. The van der Waals surface area contributed by atoms with Crippen molar-refractivity contribution in [2.45, 2.75) is 6.18 Å². The van der Waals surface area contributed by atoms with E-state index in [1.807, 2.05) is 0 Å². The van der Waals surface area contributed by atoms with Gasteiger partial charge >= 0.3 is 6.18 Å². The van der Waals surface area contributed by atoms with Crippen molar-refractivity contribution >= 4 is 12.2 Å². The number of amides is 1. The van der Waals surface area contributed by atoms with Crippen LogP contribution in [0.4, 0.5) is 26.3 Å². The van der Waals surface area contributed by atoms with Crippen molar-refractivity contribution in [3.05, 3.63) is 83.0 Å². The molecule has 0 aliphatic carbocycles. The summed E-state index contributed by atoms with van der Waals surface area (Å²) in [5.41, 5.74) is -2.01. The molecular weight excluding hydrogens is 430 g/mol. The van der Waals surface area contributed by atoms with Gasteiger partial charge in [-0.3, -0.25) is 9.59 Å². The van der Waals surface area contributed by atoms with Gasteiger partial charge in [-0.2, -0.15) is 17.6 Å². The zero-order valence-corrected chi connectivity index (χ0v) is 15.7. The Bertz CT molecular complexity index is 1050. The van der Waals surface area contributed by atoms with Crippen molar-refractivity contribution in [1.82, 2.24) is 10.6 Å². The number of rotatable bonds is 7. The van der Waals surface area contributed by atoms with Crippen LogP contribution < -0.4 is 15.4 Å². The Balaban J connectivity index is 2.51. The smallest absolute Gasteiger partial charge is 0.416 e. The van der Waals surface area contributed by atoms with Crippen LogP contribution in [0.25, 0.3) is 0 Å². The van der Waals surface area contributed by atoms with E-state index >= 15 is 0 Å². The third-order valence-corrected chi connectivity index (χ3v) is 3.71. The molecule has 31 heavy (non-hydrogen) atoms. The molecule has 0 bridgehead atoms. The lowest BCUT2D eigenvalue weighted by Crippen LogP contribution is -2.23. The summed E-state index contributed by atoms with van der Waals surface area (Å²) in [6.45, 7) is 0. The van der Waals surface area contributed by atoms with Gasteiger partial charge in [0.2, 0.25) is 5.82 Å². The topological polar surface area (TPSA) is 67.4 Å². The highest BCUT2D eigenvalue weighted by molar-refractivity contribution is 5.98. The fourth-order valence-electron chi connectivity index (χ4n) is 2.26. The zero-order chi connectivity index (χ0) is 23.2. The van der Waals surface area contributed by atoms with Crippen LogP contribution >= 0.6 is 0 Å². The normalized spacial score (nSPS) is 12.0. The number of allylic oxidation sites excluding steroid dienone is 2. The molecule has 0 aliphatic heterocycles. The first-order valence-electron chi connectivity index (χ1n) is 8.41. The minimum atomic E-state index is -4.83. The summed E-state index contributed by atoms with van der Waals surface area (Å²) in [5, 5.41) is 4.79. The molecule has 2 aromatic rings. The van der Waals surface area contributed by atoms with E-state index in [0.29, 0.717) is 30.6 Å². The van der Waals surface area contributed by atoms with Gasteiger partial charge in [-0.15, -0.1) is 0 Å². The highest BCUT2D eigenvalue weighted by Crippen LogP contribution is 2.35. The van der Waals surface area contributed by atoms with E-state index in [0.717, 1.165) is 12.1 Å². The second kappa shape index (κ2) is 9.83. The Morgan fingerprint density at radius 1 is 1.03 bits per heavy atom. The fourth-order valence-corrected chi connectivity index (χ4v) is 2.26. The average Bonchev–Trinajstić information content (AvgIpc) is 2.72. The van der Waals surface area contributed by atoms with E-state index in [1.165, 1.54) is 19.3 Å². The summed E-state index contributed by atoms with van der Waals surface area (Å²) in [5.74, 6) is -7.66. The van der Waals surface area contributed by atoms with Crippen LogP contribution in [0.3, 0.4) is 0 Å². The number of aldehydes is 1. The highest BCUT2D eigenvalue weighted by Gasteiger charge is 2.32. The van der Waals surface area contributed by atoms with Gasteiger partial charge < -0.3 is 15.4 Å². The number of nitrogens with one attached hydrogen (secondary N) is 2. The zero-order valence-electron chi connectivity index (χ0n) is 15.7. The quantitative estimate of drug-likeness (QED) is 0.218. The molecule has 11 heteroatoms. The van der Waals surface area contributed by atoms with Gasteiger partial charge in [0.15, 0.2) is 17.4 Å². The van der Waals surface area contributed by atoms with Gasteiger partial charge in [-0.25, -0.2) is 8.78 Å². The first-order chi connectivity index (χ1) is 14.6. The maximum atomic E-state index is 13.9. The molecule has 0 saturated carbocycles. The largest absolute Gasteiger partial charge is 0.453 e. The Morgan fingerprint density at radius 2 is 1.71 bits per heavy atom. The lowest BCUT2D eigenvalue weighted by molar-refractivity contribution is -0.137. The summed E-state index contributed by atoms with van der Waals surface area (Å²) < 4.78 is 84.8. The molecule has 0 saturated heterocycles. The molecule has 2 rings (SSSR count). The van der Waals surface area contributed by atoms with Crippen LogP contribution in [0, 0.1) is 17.5 Å². The molecule has 0 spiro atoms. The molecule has 5 nitrogen and oxygen atoms in total. The predicted molar refractivity (Wildman–Crippen MR) is 97.6 cm³/mol. The van der Waals surface area contributed by atoms with Crippen molar-refractivity contribution in [2.75, 3.05) is 7.05 Å². The molecule has 0 fully saturated rings. The maximum Gasteiger partial charge on any atom is 0.416 e. The van der Waals surface area contributed by atoms with E-state index in [-0.39, 0.29) is 5.70 Å². The maximum absolute atomic E-state index is 13.9. The van der Waals surface area contributed by atoms with Crippen LogP contribution in [0.5, 0.6) is 11.5 Å². The van der Waals surface area contributed by atoms with Crippen LogP contribution in [0.15, 0.2) is 54.4 Å². The summed E-state index contributed by atoms with van der Waals surface area (Å²) >= 11 is 0. The molecule has 0 unspecified atom stereocenters. The first-order valence-corrected chi connectivity index (χ1v) is 8.41. The molecular formula is C20H14F6N2O3. The van der Waals surface area contributed by atoms with Crippen LogP contribution in [0.2, 0.25) is 0 Å². The second-order valence-electron chi connectivity index (χ2n) is 5.82. The van der Waals surface area contributed by atoms with E-state index in [4.69, 9.17) is 4.74 Å².